The number of benzene rings is 10. The molecule has 418 valence electrons. The molecule has 0 atom stereocenters. The van der Waals surface area contributed by atoms with E-state index in [2.05, 4.69) is 293 Å². The molecular weight excluding hydrogens is 1030 g/mol. The minimum Gasteiger partial charge on any atom is -0.456 e. The molecule has 10 aromatic carbocycles. The molecule has 3 aliphatic rings. The lowest BCUT2D eigenvalue weighted by molar-refractivity contribution is 0.590. The summed E-state index contributed by atoms with van der Waals surface area (Å²) >= 11 is 0. The predicted octanol–water partition coefficient (Wildman–Crippen LogP) is 20.8. The van der Waals surface area contributed by atoms with Crippen molar-refractivity contribution in [3.63, 3.8) is 0 Å². The Morgan fingerprint density at radius 1 is 0.424 bits per heavy atom. The molecule has 13 aromatic rings. The van der Waals surface area contributed by atoms with Gasteiger partial charge in [0.1, 0.15) is 22.3 Å². The van der Waals surface area contributed by atoms with Gasteiger partial charge < -0.3 is 23.1 Å². The van der Waals surface area contributed by atoms with Gasteiger partial charge in [0.15, 0.2) is 0 Å². The van der Waals surface area contributed by atoms with Crippen LogP contribution in [-0.4, -0.2) is 11.4 Å². The summed E-state index contributed by atoms with van der Waals surface area (Å²) in [6.45, 7) is 32.2. The van der Waals surface area contributed by atoms with Gasteiger partial charge in [-0.05, 0) is 162 Å². The fourth-order valence-electron chi connectivity index (χ4n) is 14.9. The Bertz CT molecular complexity index is 4940. The highest BCUT2D eigenvalue weighted by Gasteiger charge is 2.48. The predicted molar refractivity (Wildman–Crippen MR) is 361 cm³/mol. The summed E-state index contributed by atoms with van der Waals surface area (Å²) < 4.78 is 17.4. The summed E-state index contributed by atoms with van der Waals surface area (Å²) in [6.07, 6.45) is 0. The molecule has 6 heteroatoms. The molecule has 3 aromatic heterocycles. The van der Waals surface area contributed by atoms with E-state index in [0.29, 0.717) is 0 Å². The van der Waals surface area contributed by atoms with Crippen LogP contribution < -0.4 is 20.6 Å². The highest BCUT2D eigenvalue weighted by molar-refractivity contribution is 6.94. The molecule has 5 heterocycles. The van der Waals surface area contributed by atoms with Gasteiger partial charge >= 0.3 is 6.85 Å². The van der Waals surface area contributed by atoms with Crippen LogP contribution in [0.4, 0.5) is 28.4 Å². The lowest BCUT2D eigenvalue weighted by Crippen LogP contribution is -2.60. The van der Waals surface area contributed by atoms with Crippen LogP contribution >= 0.6 is 0 Å². The van der Waals surface area contributed by atoms with Gasteiger partial charge in [0.05, 0.1) is 11.0 Å². The van der Waals surface area contributed by atoms with Crippen molar-refractivity contribution in [1.82, 2.24) is 4.57 Å². The first-order valence-corrected chi connectivity index (χ1v) is 30.6. The zero-order chi connectivity index (χ0) is 58.8. The standard InChI is InChI=1S/C79H72BN3O2/c1-75(2,3)45-23-30-49(31-24-45)81(50-32-25-46(26-33-50)76(4,5)6)52-36-37-54-57-42-64-59(43-68(57)84-67(54)40-52)71-72-73-69(70-55-20-16-18-22-66(55)85-74(70)71)58-39-48(78(10,11)12)29-38-63(58)82(73)65-41-56-53-19-15-17-21-60(53)79(13,14)61(56)44-62(65)80(72)83(64)51-34-27-47(28-35-51)77(7,8)9/h15-44H,1-14H3. The van der Waals surface area contributed by atoms with Crippen molar-refractivity contribution < 1.29 is 8.83 Å². The molecule has 85 heavy (non-hydrogen) atoms. The van der Waals surface area contributed by atoms with Gasteiger partial charge in [0, 0.05) is 89.0 Å². The molecule has 0 bridgehead atoms. The van der Waals surface area contributed by atoms with E-state index in [1.807, 2.05) is 0 Å². The van der Waals surface area contributed by atoms with Gasteiger partial charge in [-0.2, -0.15) is 0 Å². The van der Waals surface area contributed by atoms with Crippen molar-refractivity contribution in [3.8, 4) is 27.9 Å². The van der Waals surface area contributed by atoms with E-state index in [-0.39, 0.29) is 33.9 Å². The summed E-state index contributed by atoms with van der Waals surface area (Å²) in [5.74, 6) is 0. The van der Waals surface area contributed by atoms with Crippen LogP contribution in [0.25, 0.3) is 93.6 Å². The molecule has 0 unspecified atom stereocenters. The minimum absolute atomic E-state index is 0.0253. The maximum absolute atomic E-state index is 7.46. The molecule has 16 rings (SSSR count). The number of rotatable bonds is 4. The number of hydrogen-bond donors (Lipinski definition) is 0. The van der Waals surface area contributed by atoms with E-state index in [9.17, 15) is 0 Å². The zero-order valence-electron chi connectivity index (χ0n) is 51.6. The van der Waals surface area contributed by atoms with Gasteiger partial charge in [0.25, 0.3) is 0 Å². The SMILES string of the molecule is CC(C)(C)c1ccc(N2B3c4cc5c(cc4-n4c6ccc(C(C)(C)C)cc6c6c7c(oc8ccccc87)c(c3c64)-c3cc4oc6cc(N(c7ccc(C(C)(C)C)cc7)c7ccc(C(C)(C)C)cc7)ccc6c4cc32)-c2ccccc2C5(C)C)cc1. The van der Waals surface area contributed by atoms with E-state index >= 15 is 0 Å². The first kappa shape index (κ1) is 51.9. The topological polar surface area (TPSA) is 37.7 Å². The molecule has 0 N–H and O–H groups in total. The lowest BCUT2D eigenvalue weighted by Gasteiger charge is -2.42. The van der Waals surface area contributed by atoms with Crippen molar-refractivity contribution in [2.24, 2.45) is 0 Å². The smallest absolute Gasteiger partial charge is 0.333 e. The Morgan fingerprint density at radius 2 is 1.01 bits per heavy atom. The van der Waals surface area contributed by atoms with Gasteiger partial charge in [-0.1, -0.05) is 188 Å². The summed E-state index contributed by atoms with van der Waals surface area (Å²) in [7, 11) is 0. The molecule has 1 aliphatic carbocycles. The normalized spacial score (nSPS) is 14.5. The van der Waals surface area contributed by atoms with E-state index < -0.39 is 0 Å². The molecule has 0 spiro atoms. The third-order valence-electron chi connectivity index (χ3n) is 19.6. The maximum atomic E-state index is 7.46. The van der Waals surface area contributed by atoms with Gasteiger partial charge in [-0.15, -0.1) is 0 Å². The van der Waals surface area contributed by atoms with Crippen LogP contribution in [0.1, 0.15) is 130 Å². The molecule has 0 fully saturated rings. The number of fused-ring (bicyclic) bond motifs is 19. The Balaban J connectivity index is 1.02. The van der Waals surface area contributed by atoms with Gasteiger partial charge in [-0.25, -0.2) is 0 Å². The highest BCUT2D eigenvalue weighted by Crippen LogP contribution is 2.55. The summed E-state index contributed by atoms with van der Waals surface area (Å²) in [6, 6.07) is 69.4. The molecule has 0 saturated carbocycles. The van der Waals surface area contributed by atoms with Crippen LogP contribution in [0.2, 0.25) is 0 Å². The first-order valence-electron chi connectivity index (χ1n) is 30.6. The largest absolute Gasteiger partial charge is 0.456 e. The fraction of sp³-hybridized carbons (Fsp3) is 0.241. The average molecular weight is 1110 g/mol. The number of hydrogen-bond acceptors (Lipinski definition) is 4. The molecule has 2 aliphatic heterocycles. The van der Waals surface area contributed by atoms with E-state index in [1.165, 1.54) is 82.9 Å². The summed E-state index contributed by atoms with van der Waals surface area (Å²) in [5.41, 5.74) is 27.6. The van der Waals surface area contributed by atoms with Crippen LogP contribution in [-0.2, 0) is 27.1 Å². The second-order valence-electron chi connectivity index (χ2n) is 29.4. The Hall–Kier alpha value is -8.74. The van der Waals surface area contributed by atoms with E-state index in [1.54, 1.807) is 0 Å². The van der Waals surface area contributed by atoms with Crippen LogP contribution in [0.15, 0.2) is 191 Å². The second kappa shape index (κ2) is 17.2. The zero-order valence-corrected chi connectivity index (χ0v) is 51.6. The molecule has 5 nitrogen and oxygen atoms in total. The first-order chi connectivity index (χ1) is 40.4. The van der Waals surface area contributed by atoms with Crippen molar-refractivity contribution in [2.45, 2.75) is 124 Å². The van der Waals surface area contributed by atoms with E-state index in [0.717, 1.165) is 83.4 Å². The van der Waals surface area contributed by atoms with Crippen LogP contribution in [0.5, 0.6) is 0 Å². The Kier molecular flexibility index (Phi) is 10.5. The fourth-order valence-corrected chi connectivity index (χ4v) is 14.9. The quantitative estimate of drug-likeness (QED) is 0.165. The summed E-state index contributed by atoms with van der Waals surface area (Å²) in [4.78, 5) is 5.05. The number of anilines is 5. The van der Waals surface area contributed by atoms with Crippen molar-refractivity contribution >= 4 is 112 Å². The monoisotopic (exact) mass is 1110 g/mol. The van der Waals surface area contributed by atoms with Crippen molar-refractivity contribution in [2.75, 3.05) is 9.71 Å². The Morgan fingerprint density at radius 3 is 1.67 bits per heavy atom. The van der Waals surface area contributed by atoms with Crippen LogP contribution in [0.3, 0.4) is 0 Å². The van der Waals surface area contributed by atoms with Crippen LogP contribution in [0, 0.1) is 0 Å². The van der Waals surface area contributed by atoms with Gasteiger partial charge in [-0.3, -0.25) is 0 Å². The third-order valence-corrected chi connectivity index (χ3v) is 19.6. The average Bonchev–Trinajstić information content (AvgIpc) is 1.59. The maximum Gasteiger partial charge on any atom is 0.333 e. The number of nitrogens with zero attached hydrogens (tertiary/aromatic N) is 3. The highest BCUT2D eigenvalue weighted by atomic mass is 16.3. The molecular formula is C79H72BN3O2. The van der Waals surface area contributed by atoms with E-state index in [4.69, 9.17) is 8.83 Å². The number of furan rings is 2. The minimum atomic E-state index is -0.244. The van der Waals surface area contributed by atoms with Gasteiger partial charge in [0.2, 0.25) is 0 Å². The Labute approximate surface area is 499 Å². The molecule has 0 radical (unpaired) electrons. The third kappa shape index (κ3) is 7.42. The molecule has 0 amide bonds. The van der Waals surface area contributed by atoms with Crippen molar-refractivity contribution in [3.05, 3.63) is 215 Å². The lowest BCUT2D eigenvalue weighted by atomic mass is 9.43. The summed E-state index contributed by atoms with van der Waals surface area (Å²) in [5, 5.41) is 6.91. The number of para-hydroxylation sites is 1. The second-order valence-corrected chi connectivity index (χ2v) is 29.4. The van der Waals surface area contributed by atoms with Crippen molar-refractivity contribution in [1.29, 1.82) is 0 Å². The number of aromatic nitrogens is 1. The molecule has 0 saturated heterocycles.